The molecule has 1 rings (SSSR count). The second-order valence-corrected chi connectivity index (χ2v) is 4.37. The molecule has 0 aromatic rings. The van der Waals surface area contributed by atoms with E-state index in [9.17, 15) is 4.79 Å². The van der Waals surface area contributed by atoms with Crippen LogP contribution < -0.4 is 5.32 Å². The van der Waals surface area contributed by atoms with Crippen LogP contribution in [0.4, 0.5) is 0 Å². The van der Waals surface area contributed by atoms with E-state index in [1.54, 1.807) is 19.0 Å². The van der Waals surface area contributed by atoms with Crippen LogP contribution in [0.1, 0.15) is 19.3 Å². The summed E-state index contributed by atoms with van der Waals surface area (Å²) in [6.45, 7) is 3.05. The normalized spacial score (nSPS) is 22.1. The third kappa shape index (κ3) is 5.14. The number of nitrogens with zero attached hydrogens (tertiary/aromatic N) is 1. The first-order valence-corrected chi connectivity index (χ1v) is 5.68. The fourth-order valence-electron chi connectivity index (χ4n) is 1.68. The van der Waals surface area contributed by atoms with E-state index in [1.165, 1.54) is 19.3 Å². The molecule has 1 atom stereocenters. The summed E-state index contributed by atoms with van der Waals surface area (Å²) in [7, 11) is 3.50. The molecule has 0 aromatic carbocycles. The van der Waals surface area contributed by atoms with Gasteiger partial charge in [0.15, 0.2) is 0 Å². The van der Waals surface area contributed by atoms with Crippen LogP contribution in [0.15, 0.2) is 0 Å². The van der Waals surface area contributed by atoms with Gasteiger partial charge in [-0.2, -0.15) is 0 Å². The van der Waals surface area contributed by atoms with Crippen molar-refractivity contribution in [3.8, 4) is 0 Å². The van der Waals surface area contributed by atoms with Gasteiger partial charge in [0.1, 0.15) is 6.61 Å². The van der Waals surface area contributed by atoms with Crippen LogP contribution in [0.3, 0.4) is 0 Å². The lowest BCUT2D eigenvalue weighted by molar-refractivity contribution is -0.134. The molecule has 4 heteroatoms. The van der Waals surface area contributed by atoms with Crippen LogP contribution in [-0.4, -0.2) is 51.2 Å². The lowest BCUT2D eigenvalue weighted by atomic mass is 10.1. The first-order chi connectivity index (χ1) is 7.20. The summed E-state index contributed by atoms with van der Waals surface area (Å²) >= 11 is 0. The average Bonchev–Trinajstić information content (AvgIpc) is 2.46. The smallest absolute Gasteiger partial charge is 0.248 e. The highest BCUT2D eigenvalue weighted by Gasteiger charge is 2.12. The third-order valence-corrected chi connectivity index (χ3v) is 2.73. The zero-order valence-corrected chi connectivity index (χ0v) is 9.79. The molecule has 1 aliphatic heterocycles. The van der Waals surface area contributed by atoms with Crippen molar-refractivity contribution in [2.75, 3.05) is 40.4 Å². The second-order valence-electron chi connectivity index (χ2n) is 4.37. The molecule has 4 nitrogen and oxygen atoms in total. The van der Waals surface area contributed by atoms with Gasteiger partial charge in [0.05, 0.1) is 6.61 Å². The van der Waals surface area contributed by atoms with E-state index in [1.807, 2.05) is 0 Å². The van der Waals surface area contributed by atoms with Crippen molar-refractivity contribution in [1.82, 2.24) is 10.2 Å². The summed E-state index contributed by atoms with van der Waals surface area (Å²) in [6.07, 6.45) is 3.74. The van der Waals surface area contributed by atoms with Crippen LogP contribution >= 0.6 is 0 Å². The molecular formula is C11H22N2O2. The highest BCUT2D eigenvalue weighted by molar-refractivity contribution is 5.76. The Morgan fingerprint density at radius 3 is 3.00 bits per heavy atom. The number of likely N-dealkylation sites (N-methyl/N-ethyl adjacent to an activating group) is 1. The van der Waals surface area contributed by atoms with Crippen LogP contribution in [0.2, 0.25) is 0 Å². The molecule has 0 radical (unpaired) electrons. The molecule has 1 heterocycles. The van der Waals surface area contributed by atoms with Crippen LogP contribution in [0.5, 0.6) is 0 Å². The van der Waals surface area contributed by atoms with Crippen LogP contribution in [-0.2, 0) is 9.53 Å². The largest absolute Gasteiger partial charge is 0.371 e. The fourth-order valence-corrected chi connectivity index (χ4v) is 1.68. The molecule has 0 saturated carbocycles. The summed E-state index contributed by atoms with van der Waals surface area (Å²) < 4.78 is 5.42. The minimum absolute atomic E-state index is 0.0385. The second kappa shape index (κ2) is 6.80. The van der Waals surface area contributed by atoms with E-state index in [0.717, 1.165) is 13.1 Å². The number of ether oxygens (including phenoxy) is 1. The molecule has 1 amide bonds. The van der Waals surface area contributed by atoms with Gasteiger partial charge in [-0.15, -0.1) is 0 Å². The summed E-state index contributed by atoms with van der Waals surface area (Å²) in [5.74, 6) is 0.610. The van der Waals surface area contributed by atoms with E-state index in [2.05, 4.69) is 5.32 Å². The van der Waals surface area contributed by atoms with E-state index in [0.29, 0.717) is 12.5 Å². The number of rotatable bonds is 4. The van der Waals surface area contributed by atoms with Gasteiger partial charge in [0.25, 0.3) is 0 Å². The van der Waals surface area contributed by atoms with Crippen molar-refractivity contribution in [2.45, 2.75) is 19.3 Å². The highest BCUT2D eigenvalue weighted by atomic mass is 16.5. The zero-order valence-electron chi connectivity index (χ0n) is 9.79. The van der Waals surface area contributed by atoms with Crippen molar-refractivity contribution in [2.24, 2.45) is 5.92 Å². The molecule has 1 N–H and O–H groups in total. The van der Waals surface area contributed by atoms with Crippen molar-refractivity contribution >= 4 is 5.91 Å². The fraction of sp³-hybridized carbons (Fsp3) is 0.909. The Labute approximate surface area is 92.0 Å². The van der Waals surface area contributed by atoms with Gasteiger partial charge < -0.3 is 15.0 Å². The van der Waals surface area contributed by atoms with Crippen LogP contribution in [0, 0.1) is 5.92 Å². The standard InChI is InChI=1S/C11H22N2O2/c1-13(2)11(14)9-15-8-10-5-3-4-6-12-7-10/h10,12H,3-9H2,1-2H3. The Kier molecular flexibility index (Phi) is 5.65. The number of carbonyl (C=O) groups is 1. The van der Waals surface area contributed by atoms with Crippen molar-refractivity contribution < 1.29 is 9.53 Å². The Balaban J connectivity index is 2.10. The maximum Gasteiger partial charge on any atom is 0.248 e. The van der Waals surface area contributed by atoms with E-state index >= 15 is 0 Å². The van der Waals surface area contributed by atoms with Gasteiger partial charge in [-0.05, 0) is 25.3 Å². The van der Waals surface area contributed by atoms with Crippen LogP contribution in [0.25, 0.3) is 0 Å². The molecule has 1 fully saturated rings. The SMILES string of the molecule is CN(C)C(=O)COCC1CCCCNC1. The Morgan fingerprint density at radius 1 is 1.47 bits per heavy atom. The van der Waals surface area contributed by atoms with Crippen molar-refractivity contribution in [3.05, 3.63) is 0 Å². The lowest BCUT2D eigenvalue weighted by Gasteiger charge is -2.15. The van der Waals surface area contributed by atoms with Gasteiger partial charge >= 0.3 is 0 Å². The Hall–Kier alpha value is -0.610. The molecule has 1 unspecified atom stereocenters. The monoisotopic (exact) mass is 214 g/mol. The summed E-state index contributed by atoms with van der Waals surface area (Å²) in [5.41, 5.74) is 0. The van der Waals surface area contributed by atoms with E-state index < -0.39 is 0 Å². The van der Waals surface area contributed by atoms with Gasteiger partial charge in [0, 0.05) is 20.6 Å². The van der Waals surface area contributed by atoms with Gasteiger partial charge in [0.2, 0.25) is 5.91 Å². The summed E-state index contributed by atoms with van der Waals surface area (Å²) in [4.78, 5) is 12.8. The van der Waals surface area contributed by atoms with E-state index in [-0.39, 0.29) is 12.5 Å². The number of hydrogen-bond donors (Lipinski definition) is 1. The summed E-state index contributed by atoms with van der Waals surface area (Å²) in [6, 6.07) is 0. The topological polar surface area (TPSA) is 41.6 Å². The first kappa shape index (κ1) is 12.5. The van der Waals surface area contributed by atoms with E-state index in [4.69, 9.17) is 4.74 Å². The molecule has 0 aromatic heterocycles. The molecular weight excluding hydrogens is 192 g/mol. The number of amides is 1. The maximum absolute atomic E-state index is 11.2. The Morgan fingerprint density at radius 2 is 2.27 bits per heavy atom. The molecule has 1 aliphatic rings. The molecule has 15 heavy (non-hydrogen) atoms. The third-order valence-electron chi connectivity index (χ3n) is 2.73. The first-order valence-electron chi connectivity index (χ1n) is 5.68. The minimum Gasteiger partial charge on any atom is -0.371 e. The molecule has 0 bridgehead atoms. The van der Waals surface area contributed by atoms with Gasteiger partial charge in [-0.3, -0.25) is 4.79 Å². The predicted molar refractivity (Wildman–Crippen MR) is 59.7 cm³/mol. The van der Waals surface area contributed by atoms with Gasteiger partial charge in [-0.1, -0.05) is 6.42 Å². The molecule has 0 spiro atoms. The quantitative estimate of drug-likeness (QED) is 0.740. The predicted octanol–water partition coefficient (Wildman–Crippen LogP) is 0.481. The van der Waals surface area contributed by atoms with Gasteiger partial charge in [-0.25, -0.2) is 0 Å². The number of nitrogens with one attached hydrogen (secondary N) is 1. The summed E-state index contributed by atoms with van der Waals surface area (Å²) in [5, 5.41) is 3.38. The van der Waals surface area contributed by atoms with Crippen molar-refractivity contribution in [1.29, 1.82) is 0 Å². The zero-order chi connectivity index (χ0) is 11.1. The number of hydrogen-bond acceptors (Lipinski definition) is 3. The lowest BCUT2D eigenvalue weighted by Crippen LogP contribution is -2.29. The minimum atomic E-state index is 0.0385. The number of carbonyl (C=O) groups excluding carboxylic acids is 1. The highest BCUT2D eigenvalue weighted by Crippen LogP contribution is 2.11. The average molecular weight is 214 g/mol. The molecule has 0 aliphatic carbocycles. The van der Waals surface area contributed by atoms with Crippen molar-refractivity contribution in [3.63, 3.8) is 0 Å². The molecule has 1 saturated heterocycles. The molecule has 88 valence electrons. The maximum atomic E-state index is 11.2. The Bertz CT molecular complexity index is 187.